The molecule has 2 aromatic carbocycles. The van der Waals surface area contributed by atoms with Crippen LogP contribution in [0.1, 0.15) is 21.6 Å². The maximum Gasteiger partial charge on any atom is 0.196 e. The first-order valence-electron chi connectivity index (χ1n) is 6.42. The van der Waals surface area contributed by atoms with Gasteiger partial charge in [0.15, 0.2) is 5.78 Å². The third kappa shape index (κ3) is 2.59. The summed E-state index contributed by atoms with van der Waals surface area (Å²) in [5.74, 6) is -0.864. The van der Waals surface area contributed by atoms with Crippen LogP contribution in [0.15, 0.2) is 53.0 Å². The van der Waals surface area contributed by atoms with Gasteiger partial charge in [0, 0.05) is 21.1 Å². The summed E-state index contributed by atoms with van der Waals surface area (Å²) in [7, 11) is 0. The molecule has 0 radical (unpaired) electrons. The Morgan fingerprint density at radius 1 is 1.10 bits per heavy atom. The van der Waals surface area contributed by atoms with Gasteiger partial charge in [0.05, 0.1) is 11.1 Å². The summed E-state index contributed by atoms with van der Waals surface area (Å²) in [4.78, 5) is 17.1. The van der Waals surface area contributed by atoms with E-state index in [9.17, 15) is 9.18 Å². The Morgan fingerprint density at radius 3 is 2.67 bits per heavy atom. The van der Waals surface area contributed by atoms with E-state index < -0.39 is 5.82 Å². The molecule has 0 saturated carbocycles. The van der Waals surface area contributed by atoms with Gasteiger partial charge < -0.3 is 0 Å². The van der Waals surface area contributed by atoms with E-state index in [4.69, 9.17) is 0 Å². The number of ketones is 1. The minimum Gasteiger partial charge on any atom is -0.288 e. The van der Waals surface area contributed by atoms with E-state index in [0.717, 1.165) is 16.6 Å². The van der Waals surface area contributed by atoms with Crippen molar-refractivity contribution in [2.75, 3.05) is 0 Å². The van der Waals surface area contributed by atoms with Crippen LogP contribution in [0, 0.1) is 12.7 Å². The molecule has 0 aliphatic rings. The van der Waals surface area contributed by atoms with Gasteiger partial charge in [-0.3, -0.25) is 9.78 Å². The quantitative estimate of drug-likeness (QED) is 0.632. The number of hydrogen-bond donors (Lipinski definition) is 0. The minimum absolute atomic E-state index is 0.0557. The number of halogens is 2. The van der Waals surface area contributed by atoms with Gasteiger partial charge in [0.25, 0.3) is 0 Å². The Balaban J connectivity index is 2.24. The van der Waals surface area contributed by atoms with E-state index in [1.807, 2.05) is 31.2 Å². The van der Waals surface area contributed by atoms with E-state index in [0.29, 0.717) is 10.0 Å². The van der Waals surface area contributed by atoms with Crippen LogP contribution in [-0.2, 0) is 0 Å². The number of carbonyl (C=O) groups excluding carboxylic acids is 1. The normalized spacial score (nSPS) is 10.8. The van der Waals surface area contributed by atoms with Crippen LogP contribution < -0.4 is 0 Å². The molecule has 4 heteroatoms. The van der Waals surface area contributed by atoms with Crippen molar-refractivity contribution in [3.05, 3.63) is 75.6 Å². The molecular formula is C17H11BrFNO. The van der Waals surface area contributed by atoms with Crippen molar-refractivity contribution in [3.8, 4) is 0 Å². The fraction of sp³-hybridized carbons (Fsp3) is 0.0588. The largest absolute Gasteiger partial charge is 0.288 e. The van der Waals surface area contributed by atoms with Gasteiger partial charge in [0.2, 0.25) is 0 Å². The number of para-hydroxylation sites is 1. The number of benzene rings is 2. The topological polar surface area (TPSA) is 30.0 Å². The zero-order valence-corrected chi connectivity index (χ0v) is 12.8. The summed E-state index contributed by atoms with van der Waals surface area (Å²) in [6.07, 6.45) is 0. The van der Waals surface area contributed by atoms with Gasteiger partial charge >= 0.3 is 0 Å². The standard InChI is InChI=1S/C17H11BrFNO/c1-10-8-13(12-4-2-3-5-16(12)20-10)17(21)14-9-11(18)6-7-15(14)19/h2-9H,1H3. The third-order valence-electron chi connectivity index (χ3n) is 3.26. The highest BCUT2D eigenvalue weighted by atomic mass is 79.9. The van der Waals surface area contributed by atoms with Crippen LogP contribution >= 0.6 is 15.9 Å². The molecule has 1 heterocycles. The highest BCUT2D eigenvalue weighted by Crippen LogP contribution is 2.24. The van der Waals surface area contributed by atoms with E-state index in [1.165, 1.54) is 12.1 Å². The van der Waals surface area contributed by atoms with Gasteiger partial charge in [-0.1, -0.05) is 34.1 Å². The molecule has 0 N–H and O–H groups in total. The predicted octanol–water partition coefficient (Wildman–Crippen LogP) is 4.68. The third-order valence-corrected chi connectivity index (χ3v) is 3.76. The molecule has 0 aliphatic carbocycles. The van der Waals surface area contributed by atoms with Gasteiger partial charge in [0.1, 0.15) is 5.82 Å². The average molecular weight is 344 g/mol. The zero-order chi connectivity index (χ0) is 15.0. The highest BCUT2D eigenvalue weighted by Gasteiger charge is 2.17. The van der Waals surface area contributed by atoms with Crippen molar-refractivity contribution in [1.82, 2.24) is 4.98 Å². The second-order valence-electron chi connectivity index (χ2n) is 4.78. The molecule has 3 rings (SSSR count). The number of carbonyl (C=O) groups is 1. The van der Waals surface area contributed by atoms with Crippen molar-refractivity contribution in [3.63, 3.8) is 0 Å². The van der Waals surface area contributed by atoms with E-state index in [-0.39, 0.29) is 11.3 Å². The lowest BCUT2D eigenvalue weighted by Crippen LogP contribution is -2.06. The zero-order valence-electron chi connectivity index (χ0n) is 11.2. The van der Waals surface area contributed by atoms with Crippen molar-refractivity contribution in [2.24, 2.45) is 0 Å². The Morgan fingerprint density at radius 2 is 1.86 bits per heavy atom. The average Bonchev–Trinajstić information content (AvgIpc) is 2.48. The number of aromatic nitrogens is 1. The Labute approximate surface area is 129 Å². The number of pyridine rings is 1. The summed E-state index contributed by atoms with van der Waals surface area (Å²) in [5, 5.41) is 0.729. The Bertz CT molecular complexity index is 861. The summed E-state index contributed by atoms with van der Waals surface area (Å²) >= 11 is 3.27. The Kier molecular flexibility index (Phi) is 3.55. The van der Waals surface area contributed by atoms with Gasteiger partial charge in [-0.25, -0.2) is 4.39 Å². The number of aryl methyl sites for hydroxylation is 1. The second kappa shape index (κ2) is 5.37. The number of rotatable bonds is 2. The molecule has 2 nitrogen and oxygen atoms in total. The maximum atomic E-state index is 13.9. The van der Waals surface area contributed by atoms with Crippen LogP contribution in [0.5, 0.6) is 0 Å². The van der Waals surface area contributed by atoms with Crippen LogP contribution in [0.25, 0.3) is 10.9 Å². The van der Waals surface area contributed by atoms with Crippen molar-refractivity contribution >= 4 is 32.6 Å². The summed E-state index contributed by atoms with van der Waals surface area (Å²) in [6, 6.07) is 13.4. The van der Waals surface area contributed by atoms with Crippen molar-refractivity contribution in [2.45, 2.75) is 6.92 Å². The fourth-order valence-corrected chi connectivity index (χ4v) is 2.67. The smallest absolute Gasteiger partial charge is 0.196 e. The summed E-state index contributed by atoms with van der Waals surface area (Å²) in [5.41, 5.74) is 1.99. The van der Waals surface area contributed by atoms with E-state index >= 15 is 0 Å². The van der Waals surface area contributed by atoms with Gasteiger partial charge in [-0.05, 0) is 37.3 Å². The number of nitrogens with zero attached hydrogens (tertiary/aromatic N) is 1. The molecule has 0 unspecified atom stereocenters. The van der Waals surface area contributed by atoms with Crippen LogP contribution in [0.4, 0.5) is 4.39 Å². The molecule has 0 saturated heterocycles. The number of fused-ring (bicyclic) bond motifs is 1. The first-order chi connectivity index (χ1) is 10.1. The van der Waals surface area contributed by atoms with Gasteiger partial charge in [-0.15, -0.1) is 0 Å². The lowest BCUT2D eigenvalue weighted by atomic mass is 9.98. The molecule has 0 bridgehead atoms. The molecule has 21 heavy (non-hydrogen) atoms. The maximum absolute atomic E-state index is 13.9. The van der Waals surface area contributed by atoms with E-state index in [1.54, 1.807) is 12.1 Å². The van der Waals surface area contributed by atoms with Crippen LogP contribution in [0.2, 0.25) is 0 Å². The van der Waals surface area contributed by atoms with Crippen molar-refractivity contribution in [1.29, 1.82) is 0 Å². The Hall–Kier alpha value is -2.07. The molecule has 0 atom stereocenters. The highest BCUT2D eigenvalue weighted by molar-refractivity contribution is 9.10. The molecule has 104 valence electrons. The van der Waals surface area contributed by atoms with Crippen molar-refractivity contribution < 1.29 is 9.18 Å². The summed E-state index contributed by atoms with van der Waals surface area (Å²) < 4.78 is 14.6. The number of hydrogen-bond acceptors (Lipinski definition) is 2. The van der Waals surface area contributed by atoms with E-state index in [2.05, 4.69) is 20.9 Å². The SMILES string of the molecule is Cc1cc(C(=O)c2cc(Br)ccc2F)c2ccccc2n1. The minimum atomic E-state index is -0.526. The monoisotopic (exact) mass is 343 g/mol. The molecule has 0 aliphatic heterocycles. The molecule has 0 fully saturated rings. The molecule has 0 spiro atoms. The van der Waals surface area contributed by atoms with Gasteiger partial charge in [-0.2, -0.15) is 0 Å². The summed E-state index contributed by atoms with van der Waals surface area (Å²) in [6.45, 7) is 1.82. The first kappa shape index (κ1) is 13.9. The molecule has 0 amide bonds. The molecule has 1 aromatic heterocycles. The molecule has 3 aromatic rings. The first-order valence-corrected chi connectivity index (χ1v) is 7.22. The van der Waals surface area contributed by atoms with Crippen LogP contribution in [0.3, 0.4) is 0 Å². The second-order valence-corrected chi connectivity index (χ2v) is 5.70. The lowest BCUT2D eigenvalue weighted by Gasteiger charge is -2.08. The fourth-order valence-electron chi connectivity index (χ4n) is 2.31. The van der Waals surface area contributed by atoms with Crippen LogP contribution in [-0.4, -0.2) is 10.8 Å². The predicted molar refractivity (Wildman–Crippen MR) is 84.0 cm³/mol. The lowest BCUT2D eigenvalue weighted by molar-refractivity contribution is 0.103. The molecular weight excluding hydrogens is 333 g/mol.